The second kappa shape index (κ2) is 9.64. The van der Waals surface area contributed by atoms with Crippen molar-refractivity contribution in [2.45, 2.75) is 24.6 Å². The highest BCUT2D eigenvalue weighted by Crippen LogP contribution is 2.50. The van der Waals surface area contributed by atoms with Crippen molar-refractivity contribution in [1.82, 2.24) is 14.1 Å². The summed E-state index contributed by atoms with van der Waals surface area (Å²) in [7, 11) is 2.92. The van der Waals surface area contributed by atoms with Gasteiger partial charge in [0, 0.05) is 31.1 Å². The standard InChI is InChI=1S/C25H20Cl2F3N3O5/c1-12(15-6-5-14(11-17(15)26)38-20-9-7-16(22(34)35)21(27)31-20)24(37,25(28,29)30)13-4-8-18-19(10-13)33(3)23(36)32(18)2/h4-12,37H,1-3H3,(H,34,35)/t12-,24-/m1/s1. The van der Waals surface area contributed by atoms with Crippen LogP contribution in [0.3, 0.4) is 0 Å². The Hall–Kier alpha value is -3.54. The fourth-order valence-corrected chi connectivity index (χ4v) is 4.87. The number of aromatic carboxylic acids is 1. The van der Waals surface area contributed by atoms with E-state index in [0.717, 1.165) is 12.1 Å². The number of fused-ring (bicyclic) bond motifs is 1. The Labute approximate surface area is 223 Å². The number of benzene rings is 2. The Morgan fingerprint density at radius 2 is 1.68 bits per heavy atom. The molecule has 200 valence electrons. The van der Waals surface area contributed by atoms with E-state index in [0.29, 0.717) is 5.52 Å². The van der Waals surface area contributed by atoms with E-state index in [1.165, 1.54) is 66.6 Å². The van der Waals surface area contributed by atoms with Gasteiger partial charge in [0.15, 0.2) is 5.60 Å². The normalized spacial score (nSPS) is 14.3. The molecule has 0 spiro atoms. The Morgan fingerprint density at radius 1 is 1.03 bits per heavy atom. The first-order valence-electron chi connectivity index (χ1n) is 11.0. The van der Waals surface area contributed by atoms with E-state index in [-0.39, 0.29) is 38.4 Å². The lowest BCUT2D eigenvalue weighted by molar-refractivity contribution is -0.274. The predicted octanol–water partition coefficient (Wildman–Crippen LogP) is 5.62. The zero-order valence-corrected chi connectivity index (χ0v) is 21.6. The van der Waals surface area contributed by atoms with E-state index in [1.54, 1.807) is 0 Å². The van der Waals surface area contributed by atoms with Gasteiger partial charge in [0.05, 0.1) is 16.6 Å². The summed E-state index contributed by atoms with van der Waals surface area (Å²) >= 11 is 12.2. The number of aryl methyl sites for hydroxylation is 2. The SMILES string of the molecule is C[C@H](c1ccc(Oc2ccc(C(=O)O)c(Cl)n2)cc1Cl)[C@@](O)(c1ccc2c(c1)n(C)c(=O)n2C)C(F)(F)F. The number of aliphatic hydroxyl groups is 1. The third-order valence-corrected chi connectivity index (χ3v) is 7.10. The molecule has 0 saturated carbocycles. The molecular weight excluding hydrogens is 550 g/mol. The highest BCUT2D eigenvalue weighted by molar-refractivity contribution is 6.32. The molecule has 0 aliphatic rings. The van der Waals surface area contributed by atoms with Crippen molar-refractivity contribution in [3.63, 3.8) is 0 Å². The number of pyridine rings is 1. The highest BCUT2D eigenvalue weighted by Gasteiger charge is 2.59. The fraction of sp³-hybridized carbons (Fsp3) is 0.240. The molecule has 2 atom stereocenters. The van der Waals surface area contributed by atoms with E-state index in [4.69, 9.17) is 33.0 Å². The summed E-state index contributed by atoms with van der Waals surface area (Å²) in [5.41, 5.74) is -3.87. The molecule has 0 bridgehead atoms. The third kappa shape index (κ3) is 4.50. The number of hydrogen-bond donors (Lipinski definition) is 2. The van der Waals surface area contributed by atoms with Gasteiger partial charge in [0.2, 0.25) is 5.88 Å². The zero-order chi connectivity index (χ0) is 28.2. The number of carboxylic acids is 1. The molecule has 2 aromatic carbocycles. The van der Waals surface area contributed by atoms with Gasteiger partial charge in [0.25, 0.3) is 0 Å². The molecule has 0 radical (unpaired) electrons. The maximum Gasteiger partial charge on any atom is 0.422 e. The van der Waals surface area contributed by atoms with Gasteiger partial charge in [-0.3, -0.25) is 9.13 Å². The summed E-state index contributed by atoms with van der Waals surface area (Å²) in [5.74, 6) is -2.83. The van der Waals surface area contributed by atoms with Crippen LogP contribution in [-0.2, 0) is 19.7 Å². The lowest BCUT2D eigenvalue weighted by atomic mass is 9.77. The molecule has 0 aliphatic heterocycles. The van der Waals surface area contributed by atoms with Gasteiger partial charge in [-0.25, -0.2) is 14.6 Å². The first-order chi connectivity index (χ1) is 17.7. The van der Waals surface area contributed by atoms with Crippen molar-refractivity contribution < 1.29 is 32.9 Å². The predicted molar refractivity (Wildman–Crippen MR) is 134 cm³/mol. The average Bonchev–Trinajstić information content (AvgIpc) is 3.05. The largest absolute Gasteiger partial charge is 0.478 e. The fourth-order valence-electron chi connectivity index (χ4n) is 4.31. The number of carboxylic acid groups (broad SMARTS) is 1. The average molecular weight is 570 g/mol. The van der Waals surface area contributed by atoms with Crippen molar-refractivity contribution in [3.8, 4) is 11.6 Å². The lowest BCUT2D eigenvalue weighted by Crippen LogP contribution is -2.46. The van der Waals surface area contributed by atoms with Crippen LogP contribution in [0.15, 0.2) is 53.3 Å². The second-order valence-electron chi connectivity index (χ2n) is 8.67. The Kier molecular flexibility index (Phi) is 6.98. The summed E-state index contributed by atoms with van der Waals surface area (Å²) in [4.78, 5) is 27.2. The van der Waals surface area contributed by atoms with Gasteiger partial charge in [0.1, 0.15) is 10.9 Å². The van der Waals surface area contributed by atoms with Crippen molar-refractivity contribution in [2.24, 2.45) is 14.1 Å². The molecular formula is C25H20Cl2F3N3O5. The summed E-state index contributed by atoms with van der Waals surface area (Å²) in [6, 6.07) is 9.93. The van der Waals surface area contributed by atoms with Crippen molar-refractivity contribution in [1.29, 1.82) is 0 Å². The molecule has 4 aromatic rings. The second-order valence-corrected chi connectivity index (χ2v) is 9.43. The summed E-state index contributed by atoms with van der Waals surface area (Å²) in [6.07, 6.45) is -5.11. The number of rotatable bonds is 6. The van der Waals surface area contributed by atoms with Crippen LogP contribution in [0.2, 0.25) is 10.2 Å². The molecule has 2 heterocycles. The number of hydrogen-bond acceptors (Lipinski definition) is 5. The molecule has 2 N–H and O–H groups in total. The van der Waals surface area contributed by atoms with Gasteiger partial charge in [-0.15, -0.1) is 0 Å². The number of carbonyl (C=O) groups is 1. The Balaban J connectivity index is 1.72. The number of halogens is 5. The van der Waals surface area contributed by atoms with Crippen LogP contribution in [0, 0.1) is 0 Å². The number of nitrogens with zero attached hydrogens (tertiary/aromatic N) is 3. The molecule has 13 heteroatoms. The number of alkyl halides is 3. The minimum atomic E-state index is -5.11. The molecule has 4 rings (SSSR count). The van der Waals surface area contributed by atoms with Crippen LogP contribution in [-0.4, -0.2) is 36.5 Å². The minimum absolute atomic E-state index is 0.0203. The monoisotopic (exact) mass is 569 g/mol. The van der Waals surface area contributed by atoms with Crippen LogP contribution in [0.1, 0.15) is 34.3 Å². The Bertz CT molecular complexity index is 1630. The van der Waals surface area contributed by atoms with Crippen LogP contribution >= 0.6 is 23.2 Å². The molecule has 0 aliphatic carbocycles. The molecule has 2 aromatic heterocycles. The van der Waals surface area contributed by atoms with Crippen LogP contribution in [0.5, 0.6) is 11.6 Å². The molecule has 0 amide bonds. The van der Waals surface area contributed by atoms with E-state index >= 15 is 0 Å². The van der Waals surface area contributed by atoms with E-state index in [2.05, 4.69) is 4.98 Å². The number of ether oxygens (including phenoxy) is 1. The minimum Gasteiger partial charge on any atom is -0.478 e. The van der Waals surface area contributed by atoms with Crippen molar-refractivity contribution >= 4 is 40.2 Å². The van der Waals surface area contributed by atoms with Crippen molar-refractivity contribution in [2.75, 3.05) is 0 Å². The summed E-state index contributed by atoms with van der Waals surface area (Å²) < 4.78 is 51.5. The first kappa shape index (κ1) is 27.5. The molecule has 8 nitrogen and oxygen atoms in total. The molecule has 0 unspecified atom stereocenters. The van der Waals surface area contributed by atoms with Gasteiger partial charge in [-0.05, 0) is 41.5 Å². The highest BCUT2D eigenvalue weighted by atomic mass is 35.5. The number of aromatic nitrogens is 3. The molecule has 38 heavy (non-hydrogen) atoms. The van der Waals surface area contributed by atoms with Gasteiger partial charge >= 0.3 is 17.8 Å². The topological polar surface area (TPSA) is 107 Å². The van der Waals surface area contributed by atoms with Gasteiger partial charge in [-0.1, -0.05) is 42.3 Å². The third-order valence-electron chi connectivity index (χ3n) is 6.49. The van der Waals surface area contributed by atoms with E-state index in [9.17, 15) is 27.9 Å². The van der Waals surface area contributed by atoms with Crippen molar-refractivity contribution in [3.05, 3.63) is 85.9 Å². The molecule has 0 fully saturated rings. The summed E-state index contributed by atoms with van der Waals surface area (Å²) in [5, 5.41) is 19.8. The maximum atomic E-state index is 14.5. The van der Waals surface area contributed by atoms with E-state index in [1.807, 2.05) is 0 Å². The Morgan fingerprint density at radius 3 is 2.26 bits per heavy atom. The van der Waals surface area contributed by atoms with Crippen LogP contribution in [0.4, 0.5) is 13.2 Å². The first-order valence-corrected chi connectivity index (χ1v) is 11.7. The zero-order valence-electron chi connectivity index (χ0n) is 20.0. The maximum absolute atomic E-state index is 14.5. The van der Waals surface area contributed by atoms with Gasteiger partial charge in [-0.2, -0.15) is 13.2 Å². The van der Waals surface area contributed by atoms with Crippen LogP contribution < -0.4 is 10.4 Å². The van der Waals surface area contributed by atoms with Crippen LogP contribution in [0.25, 0.3) is 11.0 Å². The lowest BCUT2D eigenvalue weighted by Gasteiger charge is -2.37. The molecule has 0 saturated heterocycles. The van der Waals surface area contributed by atoms with Gasteiger partial charge < -0.3 is 14.9 Å². The quantitative estimate of drug-likeness (QED) is 0.292. The number of imidazole rings is 1. The smallest absolute Gasteiger partial charge is 0.422 e. The summed E-state index contributed by atoms with van der Waals surface area (Å²) in [6.45, 7) is 1.19. The van der Waals surface area contributed by atoms with E-state index < -0.39 is 34.9 Å².